The molecule has 1 fully saturated rings. The second-order valence-corrected chi connectivity index (χ2v) is 6.42. The smallest absolute Gasteiger partial charge is 0.272 e. The summed E-state index contributed by atoms with van der Waals surface area (Å²) in [6, 6.07) is 3.47. The molecule has 1 amide bonds. The Morgan fingerprint density at radius 1 is 1.38 bits per heavy atom. The Morgan fingerprint density at radius 3 is 2.62 bits per heavy atom. The molecule has 1 N–H and O–H groups in total. The van der Waals surface area contributed by atoms with E-state index in [1.54, 1.807) is 18.3 Å². The van der Waals surface area contributed by atoms with Gasteiger partial charge in [-0.2, -0.15) is 0 Å². The quantitative estimate of drug-likeness (QED) is 0.907. The highest BCUT2D eigenvalue weighted by molar-refractivity contribution is 5.92. The van der Waals surface area contributed by atoms with Crippen LogP contribution < -0.4 is 0 Å². The minimum atomic E-state index is -0.0390. The van der Waals surface area contributed by atoms with Gasteiger partial charge in [0.2, 0.25) is 0 Å². The third-order valence-electron chi connectivity index (χ3n) is 4.28. The van der Waals surface area contributed by atoms with Gasteiger partial charge in [-0.1, -0.05) is 32.8 Å². The number of carbonyl (C=O) groups is 1. The van der Waals surface area contributed by atoms with E-state index in [1.807, 2.05) is 4.90 Å². The number of hydrogen-bond donors (Lipinski definition) is 1. The fourth-order valence-corrected chi connectivity index (χ4v) is 2.80. The number of aliphatic hydroxyl groups is 1. The second-order valence-electron chi connectivity index (χ2n) is 6.42. The fourth-order valence-electron chi connectivity index (χ4n) is 2.80. The van der Waals surface area contributed by atoms with Gasteiger partial charge in [0.05, 0.1) is 6.61 Å². The molecule has 0 bridgehead atoms. The van der Waals surface area contributed by atoms with E-state index in [-0.39, 0.29) is 12.5 Å². The lowest BCUT2D eigenvalue weighted by atomic mass is 9.89. The lowest BCUT2D eigenvalue weighted by Gasteiger charge is -2.32. The molecule has 0 atom stereocenters. The summed E-state index contributed by atoms with van der Waals surface area (Å²) in [6.07, 6.45) is 6.34. The molecular formula is C17H26N2O2. The van der Waals surface area contributed by atoms with Crippen molar-refractivity contribution in [2.24, 2.45) is 11.8 Å². The predicted molar refractivity (Wildman–Crippen MR) is 82.9 cm³/mol. The van der Waals surface area contributed by atoms with E-state index in [4.69, 9.17) is 5.11 Å². The summed E-state index contributed by atoms with van der Waals surface area (Å²) in [5.41, 5.74) is 1.21. The zero-order valence-corrected chi connectivity index (χ0v) is 13.1. The maximum absolute atomic E-state index is 12.4. The Labute approximate surface area is 127 Å². The van der Waals surface area contributed by atoms with Crippen LogP contribution in [-0.4, -0.2) is 34.0 Å². The van der Waals surface area contributed by atoms with Crippen LogP contribution >= 0.6 is 0 Å². The van der Waals surface area contributed by atoms with Crippen LogP contribution in [0.5, 0.6) is 0 Å². The van der Waals surface area contributed by atoms with E-state index in [2.05, 4.69) is 18.8 Å². The van der Waals surface area contributed by atoms with Gasteiger partial charge in [-0.3, -0.25) is 9.78 Å². The highest BCUT2D eigenvalue weighted by Crippen LogP contribution is 2.24. The van der Waals surface area contributed by atoms with Crippen molar-refractivity contribution in [1.82, 2.24) is 9.88 Å². The summed E-state index contributed by atoms with van der Waals surface area (Å²) in [5, 5.41) is 9.00. The zero-order chi connectivity index (χ0) is 15.2. The molecule has 4 nitrogen and oxygen atoms in total. The topological polar surface area (TPSA) is 53.4 Å². The first-order chi connectivity index (χ1) is 10.1. The highest BCUT2D eigenvalue weighted by Gasteiger charge is 2.24. The summed E-state index contributed by atoms with van der Waals surface area (Å²) < 4.78 is 0. The molecule has 1 aromatic heterocycles. The molecule has 2 heterocycles. The van der Waals surface area contributed by atoms with Crippen molar-refractivity contribution in [3.8, 4) is 0 Å². The van der Waals surface area contributed by atoms with Crippen molar-refractivity contribution in [3.05, 3.63) is 29.6 Å². The molecule has 2 rings (SSSR count). The van der Waals surface area contributed by atoms with Crippen molar-refractivity contribution in [3.63, 3.8) is 0 Å². The molecule has 1 aromatic rings. The number of piperidine rings is 1. The van der Waals surface area contributed by atoms with E-state index in [9.17, 15) is 4.79 Å². The molecule has 0 saturated carbocycles. The number of aromatic nitrogens is 1. The van der Waals surface area contributed by atoms with Gasteiger partial charge in [-0.15, -0.1) is 0 Å². The number of amides is 1. The standard InChI is InChI=1S/C17H26N2O2/c1-13(2)3-4-14-7-9-19(10-8-14)17(21)16-6-5-15(12-20)11-18-16/h5-6,11,13-14,20H,3-4,7-10,12H2,1-2H3. The number of aliphatic hydroxyl groups excluding tert-OH is 1. The molecule has 1 aliphatic rings. The molecule has 0 aliphatic carbocycles. The SMILES string of the molecule is CC(C)CCC1CCN(C(=O)c2ccc(CO)cn2)CC1. The second kappa shape index (κ2) is 7.55. The van der Waals surface area contributed by atoms with Crippen LogP contribution in [0.25, 0.3) is 0 Å². The number of likely N-dealkylation sites (tertiary alicyclic amines) is 1. The van der Waals surface area contributed by atoms with Gasteiger partial charge >= 0.3 is 0 Å². The minimum Gasteiger partial charge on any atom is -0.392 e. The highest BCUT2D eigenvalue weighted by atomic mass is 16.3. The number of rotatable bonds is 5. The molecular weight excluding hydrogens is 264 g/mol. The molecule has 1 saturated heterocycles. The van der Waals surface area contributed by atoms with Crippen LogP contribution in [0.3, 0.4) is 0 Å². The van der Waals surface area contributed by atoms with Crippen molar-refractivity contribution >= 4 is 5.91 Å². The van der Waals surface area contributed by atoms with Crippen LogP contribution in [0.1, 0.15) is 55.6 Å². The van der Waals surface area contributed by atoms with E-state index >= 15 is 0 Å². The summed E-state index contributed by atoms with van der Waals surface area (Å²) >= 11 is 0. The van der Waals surface area contributed by atoms with Gasteiger partial charge in [0.25, 0.3) is 5.91 Å². The third-order valence-corrected chi connectivity index (χ3v) is 4.28. The average Bonchev–Trinajstić information content (AvgIpc) is 2.53. The van der Waals surface area contributed by atoms with Gasteiger partial charge in [-0.05, 0) is 36.3 Å². The summed E-state index contributed by atoms with van der Waals surface area (Å²) in [7, 11) is 0. The van der Waals surface area contributed by atoms with Gasteiger partial charge in [-0.25, -0.2) is 0 Å². The van der Waals surface area contributed by atoms with Crippen LogP contribution in [0.2, 0.25) is 0 Å². The van der Waals surface area contributed by atoms with Crippen molar-refractivity contribution < 1.29 is 9.90 Å². The van der Waals surface area contributed by atoms with E-state index in [1.165, 1.54) is 12.8 Å². The van der Waals surface area contributed by atoms with Crippen molar-refractivity contribution in [2.75, 3.05) is 13.1 Å². The Bertz CT molecular complexity index is 448. The van der Waals surface area contributed by atoms with Crippen LogP contribution in [0, 0.1) is 11.8 Å². The Kier molecular flexibility index (Phi) is 5.74. The summed E-state index contributed by atoms with van der Waals surface area (Å²) in [4.78, 5) is 18.4. The molecule has 116 valence electrons. The summed E-state index contributed by atoms with van der Waals surface area (Å²) in [6.45, 7) is 6.17. The van der Waals surface area contributed by atoms with Crippen molar-refractivity contribution in [1.29, 1.82) is 0 Å². The zero-order valence-electron chi connectivity index (χ0n) is 13.1. The number of hydrogen-bond acceptors (Lipinski definition) is 3. The molecule has 4 heteroatoms. The maximum atomic E-state index is 12.4. The molecule has 1 aliphatic heterocycles. The van der Waals surface area contributed by atoms with E-state index < -0.39 is 0 Å². The lowest BCUT2D eigenvalue weighted by molar-refractivity contribution is 0.0678. The first-order valence-corrected chi connectivity index (χ1v) is 7.95. The van der Waals surface area contributed by atoms with E-state index in [0.717, 1.165) is 43.3 Å². The summed E-state index contributed by atoms with van der Waals surface area (Å²) in [5.74, 6) is 1.54. The molecule has 0 aromatic carbocycles. The minimum absolute atomic E-state index is 0.0156. The van der Waals surface area contributed by atoms with Gasteiger partial charge in [0.15, 0.2) is 0 Å². The van der Waals surface area contributed by atoms with E-state index in [0.29, 0.717) is 5.69 Å². The number of nitrogens with zero attached hydrogens (tertiary/aromatic N) is 2. The van der Waals surface area contributed by atoms with Crippen molar-refractivity contribution in [2.45, 2.75) is 46.1 Å². The van der Waals surface area contributed by atoms with Gasteiger partial charge in [0.1, 0.15) is 5.69 Å². The Hall–Kier alpha value is -1.42. The lowest BCUT2D eigenvalue weighted by Crippen LogP contribution is -2.38. The number of carbonyl (C=O) groups excluding carboxylic acids is 1. The predicted octanol–water partition coefficient (Wildman–Crippen LogP) is 2.86. The van der Waals surface area contributed by atoms with Gasteiger partial charge in [0, 0.05) is 19.3 Å². The van der Waals surface area contributed by atoms with Crippen LogP contribution in [-0.2, 0) is 6.61 Å². The van der Waals surface area contributed by atoms with Crippen LogP contribution in [0.4, 0.5) is 0 Å². The van der Waals surface area contributed by atoms with Crippen LogP contribution in [0.15, 0.2) is 18.3 Å². The number of pyridine rings is 1. The molecule has 0 spiro atoms. The molecule has 0 unspecified atom stereocenters. The van der Waals surface area contributed by atoms with Gasteiger partial charge < -0.3 is 10.0 Å². The third kappa shape index (κ3) is 4.53. The maximum Gasteiger partial charge on any atom is 0.272 e. The molecule has 0 radical (unpaired) electrons. The average molecular weight is 290 g/mol. The normalized spacial score (nSPS) is 16.5. The Balaban J connectivity index is 1.84. The largest absolute Gasteiger partial charge is 0.392 e. The first-order valence-electron chi connectivity index (χ1n) is 7.95. The monoisotopic (exact) mass is 290 g/mol. The molecule has 21 heavy (non-hydrogen) atoms. The Morgan fingerprint density at radius 2 is 2.10 bits per heavy atom. The fraction of sp³-hybridized carbons (Fsp3) is 0.647. The first kappa shape index (κ1) is 16.0.